The van der Waals surface area contributed by atoms with E-state index in [-0.39, 0.29) is 5.91 Å². The number of anilines is 2. The lowest BCUT2D eigenvalue weighted by Crippen LogP contribution is -2.19. The predicted molar refractivity (Wildman–Crippen MR) is 96.4 cm³/mol. The van der Waals surface area contributed by atoms with Gasteiger partial charge in [-0.3, -0.25) is 4.79 Å². The first kappa shape index (κ1) is 18.1. The average molecular weight is 343 g/mol. The molecule has 2 aromatic carbocycles. The minimum atomic E-state index is -0.644. The largest absolute Gasteiger partial charge is 0.490 e. The minimum absolute atomic E-state index is 0.278. The van der Waals surface area contributed by atoms with E-state index in [0.29, 0.717) is 41.7 Å². The molecule has 4 N–H and O–H groups in total. The van der Waals surface area contributed by atoms with Crippen LogP contribution in [0.1, 0.15) is 24.2 Å². The maximum absolute atomic E-state index is 12.4. The van der Waals surface area contributed by atoms with Gasteiger partial charge in [0.1, 0.15) is 0 Å². The number of nitrogens with one attached hydrogen (secondary N) is 2. The Morgan fingerprint density at radius 3 is 2.00 bits per heavy atom. The first-order valence-corrected chi connectivity index (χ1v) is 7.91. The third-order valence-corrected chi connectivity index (χ3v) is 3.22. The van der Waals surface area contributed by atoms with E-state index in [1.807, 2.05) is 13.8 Å². The standard InChI is InChI=1S/C18H21N3O4/c1-3-24-15-10-5-12(11-16(15)25-4-2)17(22)20-13-6-8-14(9-7-13)21-18(19)23/h5-11H,3-4H2,1-2H3,(H,20,22)(H3,19,21,23). The Balaban J connectivity index is 2.11. The molecule has 132 valence electrons. The molecule has 0 bridgehead atoms. The highest BCUT2D eigenvalue weighted by molar-refractivity contribution is 6.04. The normalized spacial score (nSPS) is 10.0. The Hall–Kier alpha value is -3.22. The van der Waals surface area contributed by atoms with Crippen molar-refractivity contribution in [1.82, 2.24) is 0 Å². The zero-order valence-electron chi connectivity index (χ0n) is 14.2. The Labute approximate surface area is 146 Å². The fourth-order valence-electron chi connectivity index (χ4n) is 2.17. The molecular weight excluding hydrogens is 322 g/mol. The van der Waals surface area contributed by atoms with Crippen LogP contribution in [0.3, 0.4) is 0 Å². The second-order valence-corrected chi connectivity index (χ2v) is 5.05. The molecule has 0 fully saturated rings. The SMILES string of the molecule is CCOc1ccc(C(=O)Nc2ccc(NC(N)=O)cc2)cc1OCC. The quantitative estimate of drug-likeness (QED) is 0.718. The fraction of sp³-hybridized carbons (Fsp3) is 0.222. The summed E-state index contributed by atoms with van der Waals surface area (Å²) in [4.78, 5) is 23.2. The molecule has 7 heteroatoms. The van der Waals surface area contributed by atoms with Gasteiger partial charge >= 0.3 is 6.03 Å². The highest BCUT2D eigenvalue weighted by Crippen LogP contribution is 2.29. The fourth-order valence-corrected chi connectivity index (χ4v) is 2.17. The van der Waals surface area contributed by atoms with Gasteiger partial charge < -0.3 is 25.8 Å². The van der Waals surface area contributed by atoms with Crippen LogP contribution in [0.2, 0.25) is 0 Å². The lowest BCUT2D eigenvalue weighted by Gasteiger charge is -2.12. The highest BCUT2D eigenvalue weighted by Gasteiger charge is 2.12. The Bertz CT molecular complexity index is 744. The molecule has 0 aliphatic rings. The summed E-state index contributed by atoms with van der Waals surface area (Å²) in [6.07, 6.45) is 0. The van der Waals surface area contributed by atoms with E-state index < -0.39 is 6.03 Å². The van der Waals surface area contributed by atoms with Gasteiger partial charge in [0.2, 0.25) is 0 Å². The number of hydrogen-bond donors (Lipinski definition) is 3. The topological polar surface area (TPSA) is 103 Å². The highest BCUT2D eigenvalue weighted by atomic mass is 16.5. The summed E-state index contributed by atoms with van der Waals surface area (Å²) in [5.74, 6) is 0.848. The number of carbonyl (C=O) groups is 2. The van der Waals surface area contributed by atoms with Crippen LogP contribution >= 0.6 is 0 Å². The molecule has 2 rings (SSSR count). The van der Waals surface area contributed by atoms with Crippen molar-refractivity contribution in [3.8, 4) is 11.5 Å². The van der Waals surface area contributed by atoms with Crippen LogP contribution in [0.4, 0.5) is 16.2 Å². The van der Waals surface area contributed by atoms with E-state index in [0.717, 1.165) is 0 Å². The Morgan fingerprint density at radius 2 is 1.44 bits per heavy atom. The Kier molecular flexibility index (Phi) is 6.22. The van der Waals surface area contributed by atoms with E-state index in [9.17, 15) is 9.59 Å². The number of urea groups is 1. The van der Waals surface area contributed by atoms with Crippen molar-refractivity contribution in [3.05, 3.63) is 48.0 Å². The van der Waals surface area contributed by atoms with Crippen molar-refractivity contribution in [2.24, 2.45) is 5.73 Å². The number of benzene rings is 2. The van der Waals surface area contributed by atoms with Crippen molar-refractivity contribution < 1.29 is 19.1 Å². The number of nitrogens with two attached hydrogens (primary N) is 1. The zero-order chi connectivity index (χ0) is 18.2. The molecule has 0 aromatic heterocycles. The van der Waals surface area contributed by atoms with Crippen LogP contribution in [0, 0.1) is 0 Å². The molecule has 0 saturated heterocycles. The van der Waals surface area contributed by atoms with Gasteiger partial charge in [-0.25, -0.2) is 4.79 Å². The van der Waals surface area contributed by atoms with Crippen molar-refractivity contribution in [3.63, 3.8) is 0 Å². The van der Waals surface area contributed by atoms with Crippen LogP contribution in [-0.2, 0) is 0 Å². The maximum Gasteiger partial charge on any atom is 0.316 e. The summed E-state index contributed by atoms with van der Waals surface area (Å²) in [6.45, 7) is 4.73. The van der Waals surface area contributed by atoms with Gasteiger partial charge in [-0.2, -0.15) is 0 Å². The first-order chi connectivity index (χ1) is 12.0. The van der Waals surface area contributed by atoms with Gasteiger partial charge in [-0.15, -0.1) is 0 Å². The number of amides is 3. The van der Waals surface area contributed by atoms with Crippen LogP contribution in [0.15, 0.2) is 42.5 Å². The van der Waals surface area contributed by atoms with Crippen molar-refractivity contribution in [2.45, 2.75) is 13.8 Å². The minimum Gasteiger partial charge on any atom is -0.490 e. The summed E-state index contributed by atoms with van der Waals surface area (Å²) in [7, 11) is 0. The van der Waals surface area contributed by atoms with E-state index in [2.05, 4.69) is 10.6 Å². The second kappa shape index (κ2) is 8.58. The molecule has 3 amide bonds. The summed E-state index contributed by atoms with van der Waals surface area (Å²) in [5.41, 5.74) is 6.64. The Morgan fingerprint density at radius 1 is 0.880 bits per heavy atom. The second-order valence-electron chi connectivity index (χ2n) is 5.05. The summed E-state index contributed by atoms with van der Waals surface area (Å²) in [5, 5.41) is 5.23. The van der Waals surface area contributed by atoms with Gasteiger partial charge in [0, 0.05) is 16.9 Å². The monoisotopic (exact) mass is 343 g/mol. The third kappa shape index (κ3) is 5.13. The number of rotatable bonds is 7. The van der Waals surface area contributed by atoms with Gasteiger partial charge in [0.15, 0.2) is 11.5 Å². The van der Waals surface area contributed by atoms with E-state index in [4.69, 9.17) is 15.2 Å². The lowest BCUT2D eigenvalue weighted by molar-refractivity contribution is 0.102. The third-order valence-electron chi connectivity index (χ3n) is 3.22. The number of primary amides is 1. The van der Waals surface area contributed by atoms with Crippen molar-refractivity contribution in [2.75, 3.05) is 23.8 Å². The molecule has 2 aromatic rings. The smallest absolute Gasteiger partial charge is 0.316 e. The van der Waals surface area contributed by atoms with Gasteiger partial charge in [-0.05, 0) is 56.3 Å². The van der Waals surface area contributed by atoms with Crippen LogP contribution < -0.4 is 25.8 Å². The number of ether oxygens (including phenoxy) is 2. The number of carbonyl (C=O) groups excluding carboxylic acids is 2. The molecule has 0 radical (unpaired) electrons. The molecule has 7 nitrogen and oxygen atoms in total. The van der Waals surface area contributed by atoms with E-state index in [1.165, 1.54) is 0 Å². The van der Waals surface area contributed by atoms with Crippen LogP contribution in [0.25, 0.3) is 0 Å². The van der Waals surface area contributed by atoms with Crippen LogP contribution in [-0.4, -0.2) is 25.2 Å². The lowest BCUT2D eigenvalue weighted by atomic mass is 10.1. The molecular formula is C18H21N3O4. The molecule has 25 heavy (non-hydrogen) atoms. The van der Waals surface area contributed by atoms with Crippen molar-refractivity contribution in [1.29, 1.82) is 0 Å². The van der Waals surface area contributed by atoms with E-state index in [1.54, 1.807) is 42.5 Å². The van der Waals surface area contributed by atoms with E-state index >= 15 is 0 Å². The predicted octanol–water partition coefficient (Wildman–Crippen LogP) is 3.23. The molecule has 0 aliphatic carbocycles. The molecule has 0 unspecified atom stereocenters. The summed E-state index contributed by atoms with van der Waals surface area (Å²) < 4.78 is 11.0. The molecule has 0 spiro atoms. The van der Waals surface area contributed by atoms with Gasteiger partial charge in [0.25, 0.3) is 5.91 Å². The maximum atomic E-state index is 12.4. The first-order valence-electron chi connectivity index (χ1n) is 7.91. The number of hydrogen-bond acceptors (Lipinski definition) is 4. The molecule has 0 atom stereocenters. The van der Waals surface area contributed by atoms with Gasteiger partial charge in [0.05, 0.1) is 13.2 Å². The average Bonchev–Trinajstić information content (AvgIpc) is 2.58. The summed E-state index contributed by atoms with van der Waals surface area (Å²) in [6, 6.07) is 11.0. The molecule has 0 aliphatic heterocycles. The zero-order valence-corrected chi connectivity index (χ0v) is 14.2. The van der Waals surface area contributed by atoms with Gasteiger partial charge in [-0.1, -0.05) is 0 Å². The summed E-state index contributed by atoms with van der Waals surface area (Å²) >= 11 is 0. The molecule has 0 heterocycles. The molecule has 0 saturated carbocycles. The van der Waals surface area contributed by atoms with Crippen molar-refractivity contribution >= 4 is 23.3 Å². The van der Waals surface area contributed by atoms with Crippen LogP contribution in [0.5, 0.6) is 11.5 Å².